The maximum absolute atomic E-state index is 8.93. The molecule has 13 heavy (non-hydrogen) atoms. The van der Waals surface area contributed by atoms with Crippen LogP contribution in [0.3, 0.4) is 0 Å². The highest BCUT2D eigenvalue weighted by Crippen LogP contribution is 2.22. The van der Waals surface area contributed by atoms with E-state index in [2.05, 4.69) is 0 Å². The first-order chi connectivity index (χ1) is 6.31. The molecule has 1 aromatic carbocycles. The zero-order chi connectivity index (χ0) is 9.26. The molecule has 1 unspecified atom stereocenters. The topological polar surface area (TPSA) is 29.5 Å². The lowest BCUT2D eigenvalue weighted by Crippen LogP contribution is -2.24. The maximum Gasteiger partial charge on any atom is 0.144 e. The smallest absolute Gasteiger partial charge is 0.144 e. The Morgan fingerprint density at radius 3 is 3.08 bits per heavy atom. The van der Waals surface area contributed by atoms with Gasteiger partial charge in [-0.25, -0.2) is 0 Å². The minimum atomic E-state index is -0.186. The van der Waals surface area contributed by atoms with Gasteiger partial charge in [0.1, 0.15) is 19.7 Å². The second kappa shape index (κ2) is 3.26. The Labute approximate surface area is 78.3 Å². The second-order valence-corrected chi connectivity index (χ2v) is 3.19. The van der Waals surface area contributed by atoms with E-state index in [1.165, 1.54) is 0 Å². The Hall–Kier alpha value is -1.22. The Balaban J connectivity index is 2.41. The third kappa shape index (κ3) is 1.47. The molecule has 0 aromatic heterocycles. The summed E-state index contributed by atoms with van der Waals surface area (Å²) in [5.41, 5.74) is 2.20. The fourth-order valence-corrected chi connectivity index (χ4v) is 1.47. The first-order valence-electron chi connectivity index (χ1n) is 4.36. The van der Waals surface area contributed by atoms with Crippen molar-refractivity contribution in [2.45, 2.75) is 6.10 Å². The van der Waals surface area contributed by atoms with Crippen LogP contribution in [0.5, 0.6) is 5.75 Å². The molecule has 1 aliphatic rings. The third-order valence-corrected chi connectivity index (χ3v) is 2.18. The third-order valence-electron chi connectivity index (χ3n) is 2.18. The van der Waals surface area contributed by atoms with Crippen molar-refractivity contribution in [2.75, 3.05) is 6.61 Å². The monoisotopic (exact) mass is 174 g/mol. The minimum absolute atomic E-state index is 0.0320. The van der Waals surface area contributed by atoms with E-state index in [1.54, 1.807) is 0 Å². The first-order valence-corrected chi connectivity index (χ1v) is 4.36. The summed E-state index contributed by atoms with van der Waals surface area (Å²) < 4.78 is 5.58. The summed E-state index contributed by atoms with van der Waals surface area (Å²) in [5, 5.41) is 8.93. The molecule has 0 saturated carbocycles. The summed E-state index contributed by atoms with van der Waals surface area (Å²) in [6.07, 6.45) is 3.68. The Morgan fingerprint density at radius 2 is 2.31 bits per heavy atom. The Kier molecular flexibility index (Phi) is 2.11. The second-order valence-electron chi connectivity index (χ2n) is 3.19. The highest BCUT2D eigenvalue weighted by atomic mass is 16.5. The summed E-state index contributed by atoms with van der Waals surface area (Å²) in [6.45, 7) is 0.0320. The Bertz CT molecular complexity index is 347. The van der Waals surface area contributed by atoms with Crippen LogP contribution in [0, 0.1) is 0 Å². The molecule has 1 atom stereocenters. The van der Waals surface area contributed by atoms with Crippen LogP contribution in [0.1, 0.15) is 5.56 Å². The van der Waals surface area contributed by atoms with E-state index in [0.29, 0.717) is 0 Å². The van der Waals surface area contributed by atoms with Crippen LogP contribution in [0.25, 0.3) is 6.08 Å². The van der Waals surface area contributed by atoms with Gasteiger partial charge in [-0.15, -0.1) is 0 Å². The molecule has 66 valence electrons. The highest BCUT2D eigenvalue weighted by Gasteiger charge is 2.14. The quantitative estimate of drug-likeness (QED) is 0.593. The molecule has 0 bridgehead atoms. The molecule has 0 aliphatic carbocycles. The lowest BCUT2D eigenvalue weighted by atomic mass is 9.91. The first kappa shape index (κ1) is 8.39. The summed E-state index contributed by atoms with van der Waals surface area (Å²) in [4.78, 5) is 0. The van der Waals surface area contributed by atoms with Crippen molar-refractivity contribution >= 4 is 19.4 Å². The average Bonchev–Trinajstić information content (AvgIpc) is 2.18. The predicted molar refractivity (Wildman–Crippen MR) is 55.2 cm³/mol. The molecule has 1 heterocycles. The van der Waals surface area contributed by atoms with E-state index in [-0.39, 0.29) is 12.7 Å². The van der Waals surface area contributed by atoms with Crippen molar-refractivity contribution in [3.63, 3.8) is 0 Å². The minimum Gasteiger partial charge on any atom is -0.484 e. The van der Waals surface area contributed by atoms with Crippen molar-refractivity contribution in [3.8, 4) is 5.75 Å². The predicted octanol–water partition coefficient (Wildman–Crippen LogP) is -0.288. The van der Waals surface area contributed by atoms with Crippen molar-refractivity contribution in [3.05, 3.63) is 29.8 Å². The molecule has 2 nitrogen and oxygen atoms in total. The molecule has 1 aliphatic heterocycles. The molecular formula is C10H11BO2. The van der Waals surface area contributed by atoms with Gasteiger partial charge in [-0.05, 0) is 11.5 Å². The number of para-hydroxylation sites is 1. The van der Waals surface area contributed by atoms with E-state index in [0.717, 1.165) is 16.8 Å². The van der Waals surface area contributed by atoms with Crippen LogP contribution >= 0.6 is 0 Å². The van der Waals surface area contributed by atoms with Crippen LogP contribution in [-0.4, -0.2) is 25.7 Å². The summed E-state index contributed by atoms with van der Waals surface area (Å²) in [5.74, 6) is 0.893. The largest absolute Gasteiger partial charge is 0.484 e. The lowest BCUT2D eigenvalue weighted by Gasteiger charge is -2.21. The van der Waals surface area contributed by atoms with E-state index in [4.69, 9.17) is 9.84 Å². The summed E-state index contributed by atoms with van der Waals surface area (Å²) in [7, 11) is 2.01. The van der Waals surface area contributed by atoms with E-state index in [9.17, 15) is 0 Å². The normalized spacial score (nSPS) is 19.3. The van der Waals surface area contributed by atoms with Crippen LogP contribution in [0.2, 0.25) is 0 Å². The van der Waals surface area contributed by atoms with Gasteiger partial charge in [0.25, 0.3) is 0 Å². The molecule has 1 aromatic rings. The molecular weight excluding hydrogens is 163 g/mol. The number of benzene rings is 1. The van der Waals surface area contributed by atoms with Crippen molar-refractivity contribution in [2.24, 2.45) is 0 Å². The average molecular weight is 174 g/mol. The van der Waals surface area contributed by atoms with E-state index >= 15 is 0 Å². The molecule has 0 amide bonds. The van der Waals surface area contributed by atoms with Gasteiger partial charge in [-0.1, -0.05) is 24.3 Å². The summed E-state index contributed by atoms with van der Waals surface area (Å²) >= 11 is 0. The maximum atomic E-state index is 8.93. The van der Waals surface area contributed by atoms with Gasteiger partial charge in [-0.2, -0.15) is 0 Å². The molecule has 0 radical (unpaired) electrons. The number of aliphatic hydroxyl groups excluding tert-OH is 1. The van der Waals surface area contributed by atoms with Crippen LogP contribution in [0.4, 0.5) is 0 Å². The van der Waals surface area contributed by atoms with E-state index < -0.39 is 0 Å². The fraction of sp³-hybridized carbons (Fsp3) is 0.200. The number of hydrogen-bond acceptors (Lipinski definition) is 2. The van der Waals surface area contributed by atoms with Gasteiger partial charge in [0.05, 0.1) is 6.61 Å². The molecule has 1 N–H and O–H groups in total. The zero-order valence-corrected chi connectivity index (χ0v) is 7.53. The van der Waals surface area contributed by atoms with Crippen LogP contribution in [0.15, 0.2) is 24.3 Å². The van der Waals surface area contributed by atoms with Crippen molar-refractivity contribution in [1.82, 2.24) is 0 Å². The number of fused-ring (bicyclic) bond motifs is 1. The fourth-order valence-electron chi connectivity index (χ4n) is 1.47. The number of ether oxygens (including phenoxy) is 1. The lowest BCUT2D eigenvalue weighted by molar-refractivity contribution is 0.149. The molecule has 2 rings (SSSR count). The SMILES string of the molecule is Bc1cccc2c1OC(CO)C=C2. The Morgan fingerprint density at radius 1 is 1.46 bits per heavy atom. The van der Waals surface area contributed by atoms with E-state index in [1.807, 2.05) is 38.2 Å². The molecule has 0 fully saturated rings. The molecule has 0 saturated heterocycles. The van der Waals surface area contributed by atoms with Gasteiger partial charge >= 0.3 is 0 Å². The van der Waals surface area contributed by atoms with Crippen molar-refractivity contribution < 1.29 is 9.84 Å². The number of rotatable bonds is 1. The van der Waals surface area contributed by atoms with Crippen molar-refractivity contribution in [1.29, 1.82) is 0 Å². The summed E-state index contributed by atoms with van der Waals surface area (Å²) in [6, 6.07) is 6.01. The van der Waals surface area contributed by atoms with Gasteiger partial charge < -0.3 is 9.84 Å². The molecule has 0 spiro atoms. The number of hydrogen-bond donors (Lipinski definition) is 1. The van der Waals surface area contributed by atoms with Gasteiger partial charge in [0.2, 0.25) is 0 Å². The van der Waals surface area contributed by atoms with Gasteiger partial charge in [0.15, 0.2) is 0 Å². The zero-order valence-electron chi connectivity index (χ0n) is 7.53. The number of aliphatic hydroxyl groups is 1. The van der Waals surface area contributed by atoms with Crippen LogP contribution < -0.4 is 10.2 Å². The van der Waals surface area contributed by atoms with Crippen LogP contribution in [-0.2, 0) is 0 Å². The van der Waals surface area contributed by atoms with Gasteiger partial charge in [-0.3, -0.25) is 0 Å². The highest BCUT2D eigenvalue weighted by molar-refractivity contribution is 6.34. The standard InChI is InChI=1S/C10H11BO2/c11-9-3-1-2-7-4-5-8(6-12)13-10(7)9/h1-5,8,12H,6,11H2. The molecule has 3 heteroatoms. The van der Waals surface area contributed by atoms with Gasteiger partial charge in [0, 0.05) is 5.56 Å².